The van der Waals surface area contributed by atoms with Gasteiger partial charge in [0, 0.05) is 10.9 Å². The SMILES string of the molecule is C=CCP(=O)(O)C(N)C(C)(C)S. The van der Waals surface area contributed by atoms with Crippen LogP contribution in [-0.4, -0.2) is 21.6 Å². The van der Waals surface area contributed by atoms with E-state index in [0.29, 0.717) is 0 Å². The first kappa shape index (κ1) is 12.2. The second-order valence-corrected chi connectivity index (χ2v) is 6.91. The number of nitrogens with two attached hydrogens (primary N) is 1. The highest BCUT2D eigenvalue weighted by atomic mass is 32.1. The highest BCUT2D eigenvalue weighted by Crippen LogP contribution is 2.49. The number of allylic oxidation sites excluding steroid dienone is 1. The minimum Gasteiger partial charge on any atom is -0.343 e. The Labute approximate surface area is 78.9 Å². The topological polar surface area (TPSA) is 63.3 Å². The molecule has 0 aromatic heterocycles. The number of rotatable bonds is 4. The minimum atomic E-state index is -3.32. The van der Waals surface area contributed by atoms with E-state index in [9.17, 15) is 9.46 Å². The summed E-state index contributed by atoms with van der Waals surface area (Å²) in [6.45, 7) is 6.83. The van der Waals surface area contributed by atoms with Crippen LogP contribution in [0.4, 0.5) is 0 Å². The molecule has 0 aromatic carbocycles. The smallest absolute Gasteiger partial charge is 0.221 e. The molecular weight excluding hydrogens is 193 g/mol. The van der Waals surface area contributed by atoms with Gasteiger partial charge in [-0.15, -0.1) is 6.58 Å². The minimum absolute atomic E-state index is 0.0398. The summed E-state index contributed by atoms with van der Waals surface area (Å²) in [5, 5.41) is 0. The van der Waals surface area contributed by atoms with Crippen molar-refractivity contribution in [3.05, 3.63) is 12.7 Å². The highest BCUT2D eigenvalue weighted by Gasteiger charge is 2.36. The van der Waals surface area contributed by atoms with E-state index in [0.717, 1.165) is 0 Å². The number of hydrogen-bond acceptors (Lipinski definition) is 3. The van der Waals surface area contributed by atoms with Crippen LogP contribution in [0.2, 0.25) is 0 Å². The zero-order valence-corrected chi connectivity index (χ0v) is 9.19. The van der Waals surface area contributed by atoms with E-state index in [4.69, 9.17) is 5.73 Å². The zero-order valence-electron chi connectivity index (χ0n) is 7.40. The molecule has 0 bridgehead atoms. The van der Waals surface area contributed by atoms with Gasteiger partial charge in [0.05, 0.1) is 5.78 Å². The molecule has 0 spiro atoms. The van der Waals surface area contributed by atoms with E-state index in [1.54, 1.807) is 13.8 Å². The molecule has 0 aliphatic heterocycles. The maximum absolute atomic E-state index is 11.5. The normalized spacial score (nSPS) is 19.8. The van der Waals surface area contributed by atoms with Gasteiger partial charge in [-0.05, 0) is 13.8 Å². The Bertz CT molecular complexity index is 212. The third-order valence-electron chi connectivity index (χ3n) is 1.55. The van der Waals surface area contributed by atoms with Gasteiger partial charge in [0.15, 0.2) is 0 Å². The van der Waals surface area contributed by atoms with Crippen LogP contribution in [0.25, 0.3) is 0 Å². The molecule has 72 valence electrons. The molecule has 0 heterocycles. The quantitative estimate of drug-likeness (QED) is 0.373. The van der Waals surface area contributed by atoms with Crippen molar-refractivity contribution in [2.24, 2.45) is 5.73 Å². The van der Waals surface area contributed by atoms with Crippen molar-refractivity contribution in [1.82, 2.24) is 0 Å². The zero-order chi connectivity index (χ0) is 9.99. The maximum Gasteiger partial charge on any atom is 0.221 e. The third kappa shape index (κ3) is 3.31. The van der Waals surface area contributed by atoms with Gasteiger partial charge in [0.25, 0.3) is 0 Å². The molecule has 0 fully saturated rings. The van der Waals surface area contributed by atoms with Gasteiger partial charge < -0.3 is 10.6 Å². The van der Waals surface area contributed by atoms with Crippen molar-refractivity contribution in [3.8, 4) is 0 Å². The molecule has 0 amide bonds. The second kappa shape index (κ2) is 3.97. The first-order valence-electron chi connectivity index (χ1n) is 3.62. The molecule has 3 nitrogen and oxygen atoms in total. The van der Waals surface area contributed by atoms with Crippen LogP contribution in [0.5, 0.6) is 0 Å². The molecule has 0 saturated carbocycles. The monoisotopic (exact) mass is 209 g/mol. The molecule has 2 unspecified atom stereocenters. The van der Waals surface area contributed by atoms with Crippen LogP contribution in [0.3, 0.4) is 0 Å². The molecule has 0 aromatic rings. The van der Waals surface area contributed by atoms with E-state index in [1.807, 2.05) is 0 Å². The maximum atomic E-state index is 11.5. The fraction of sp³-hybridized carbons (Fsp3) is 0.714. The van der Waals surface area contributed by atoms with E-state index < -0.39 is 17.9 Å². The molecule has 0 aliphatic rings. The van der Waals surface area contributed by atoms with Gasteiger partial charge in [0.1, 0.15) is 0 Å². The van der Waals surface area contributed by atoms with Crippen LogP contribution in [0.15, 0.2) is 12.7 Å². The van der Waals surface area contributed by atoms with E-state index in [-0.39, 0.29) is 6.16 Å². The molecule has 0 rings (SSSR count). The lowest BCUT2D eigenvalue weighted by Crippen LogP contribution is -2.38. The lowest BCUT2D eigenvalue weighted by molar-refractivity contribution is 0.453. The summed E-state index contributed by atoms with van der Waals surface area (Å²) in [6.07, 6.45) is 1.44. The summed E-state index contributed by atoms with van der Waals surface area (Å²) in [7, 11) is -3.32. The Balaban J connectivity index is 4.57. The summed E-state index contributed by atoms with van der Waals surface area (Å²) < 4.78 is 10.8. The summed E-state index contributed by atoms with van der Waals surface area (Å²) in [4.78, 5) is 9.43. The van der Waals surface area contributed by atoms with Crippen molar-refractivity contribution in [2.45, 2.75) is 24.4 Å². The summed E-state index contributed by atoms with van der Waals surface area (Å²) in [5.74, 6) is -0.814. The predicted octanol–water partition coefficient (Wildman–Crippen LogP) is 1.44. The third-order valence-corrected chi connectivity index (χ3v) is 4.33. The molecule has 5 heteroatoms. The van der Waals surface area contributed by atoms with E-state index in [2.05, 4.69) is 19.2 Å². The van der Waals surface area contributed by atoms with Crippen molar-refractivity contribution in [2.75, 3.05) is 6.16 Å². The van der Waals surface area contributed by atoms with Crippen LogP contribution in [0, 0.1) is 0 Å². The largest absolute Gasteiger partial charge is 0.343 e. The van der Waals surface area contributed by atoms with Gasteiger partial charge in [-0.3, -0.25) is 4.57 Å². The van der Waals surface area contributed by atoms with Crippen LogP contribution in [0.1, 0.15) is 13.8 Å². The van der Waals surface area contributed by atoms with Crippen molar-refractivity contribution in [3.63, 3.8) is 0 Å². The molecule has 3 N–H and O–H groups in total. The van der Waals surface area contributed by atoms with Crippen LogP contribution in [-0.2, 0) is 4.57 Å². The van der Waals surface area contributed by atoms with Crippen LogP contribution >= 0.6 is 20.0 Å². The highest BCUT2D eigenvalue weighted by molar-refractivity contribution is 7.82. The van der Waals surface area contributed by atoms with Crippen molar-refractivity contribution < 1.29 is 9.46 Å². The average molecular weight is 209 g/mol. The molecule has 2 atom stereocenters. The van der Waals surface area contributed by atoms with E-state index in [1.165, 1.54) is 6.08 Å². The van der Waals surface area contributed by atoms with Gasteiger partial charge >= 0.3 is 0 Å². The van der Waals surface area contributed by atoms with E-state index >= 15 is 0 Å². The Morgan fingerprint density at radius 3 is 2.50 bits per heavy atom. The molecule has 12 heavy (non-hydrogen) atoms. The lowest BCUT2D eigenvalue weighted by Gasteiger charge is -2.29. The predicted molar refractivity (Wildman–Crippen MR) is 55.9 cm³/mol. The lowest BCUT2D eigenvalue weighted by atomic mass is 10.2. The number of thiol groups is 1. The van der Waals surface area contributed by atoms with Crippen LogP contribution < -0.4 is 5.73 Å². The summed E-state index contributed by atoms with van der Waals surface area (Å²) in [5.41, 5.74) is 5.58. The Kier molecular flexibility index (Phi) is 4.04. The second-order valence-electron chi connectivity index (χ2n) is 3.33. The van der Waals surface area contributed by atoms with Crippen molar-refractivity contribution in [1.29, 1.82) is 0 Å². The number of hydrogen-bond donors (Lipinski definition) is 3. The summed E-state index contributed by atoms with van der Waals surface area (Å²) >= 11 is 4.14. The standard InChI is InChI=1S/C7H16NO2PS/c1-4-5-11(9,10)6(8)7(2,3)12/h4,6,12H,1,5,8H2,2-3H3,(H,9,10). The first-order chi connectivity index (χ1) is 5.22. The Hall–Kier alpha value is 0.240. The average Bonchev–Trinajstić information content (AvgIpc) is 1.84. The van der Waals surface area contributed by atoms with Gasteiger partial charge in [0.2, 0.25) is 7.37 Å². The van der Waals surface area contributed by atoms with Crippen molar-refractivity contribution >= 4 is 20.0 Å². The Morgan fingerprint density at radius 2 is 2.25 bits per heavy atom. The fourth-order valence-corrected chi connectivity index (χ4v) is 2.92. The molecular formula is C7H16NO2PS. The van der Waals surface area contributed by atoms with Gasteiger partial charge in [-0.25, -0.2) is 0 Å². The molecule has 0 aliphatic carbocycles. The molecule has 0 saturated heterocycles. The Morgan fingerprint density at radius 1 is 1.83 bits per heavy atom. The summed E-state index contributed by atoms with van der Waals surface area (Å²) in [6, 6.07) is 0. The molecule has 0 radical (unpaired) electrons. The van der Waals surface area contributed by atoms with Gasteiger partial charge in [-0.1, -0.05) is 6.08 Å². The van der Waals surface area contributed by atoms with Gasteiger partial charge in [-0.2, -0.15) is 12.6 Å². The first-order valence-corrected chi connectivity index (χ1v) is 5.98. The fourth-order valence-electron chi connectivity index (χ4n) is 0.792.